The molecule has 1 saturated carbocycles. The fourth-order valence-electron chi connectivity index (χ4n) is 1.98. The smallest absolute Gasteiger partial charge is 0.287 e. The van der Waals surface area contributed by atoms with Gasteiger partial charge in [0.25, 0.3) is 5.91 Å². The first-order chi connectivity index (χ1) is 8.24. The number of hydrogen-bond donors (Lipinski definition) is 2. The highest BCUT2D eigenvalue weighted by molar-refractivity contribution is 5.96. The maximum Gasteiger partial charge on any atom is 0.287 e. The maximum atomic E-state index is 11.8. The van der Waals surface area contributed by atoms with Crippen molar-refractivity contribution < 1.29 is 14.3 Å². The Balaban J connectivity index is 1.80. The van der Waals surface area contributed by atoms with Crippen LogP contribution >= 0.6 is 0 Å². The number of carbonyl (C=O) groups excluding carboxylic acids is 1. The van der Waals surface area contributed by atoms with Crippen LogP contribution in [0.4, 0.5) is 0 Å². The van der Waals surface area contributed by atoms with Crippen molar-refractivity contribution in [2.75, 3.05) is 0 Å². The zero-order chi connectivity index (χ0) is 11.8. The third-order valence-corrected chi connectivity index (χ3v) is 3.20. The minimum absolute atomic E-state index is 0.129. The van der Waals surface area contributed by atoms with Crippen molar-refractivity contribution >= 4 is 16.9 Å². The quantitative estimate of drug-likeness (QED) is 0.826. The van der Waals surface area contributed by atoms with Gasteiger partial charge >= 0.3 is 0 Å². The average molecular weight is 231 g/mol. The number of amides is 1. The van der Waals surface area contributed by atoms with Crippen molar-refractivity contribution in [3.05, 3.63) is 36.1 Å². The first-order valence-electron chi connectivity index (χ1n) is 5.71. The van der Waals surface area contributed by atoms with Gasteiger partial charge in [0.15, 0.2) is 5.76 Å². The lowest BCUT2D eigenvalue weighted by Crippen LogP contribution is -2.50. The molecule has 2 N–H and O–H groups in total. The number of furan rings is 1. The fourth-order valence-corrected chi connectivity index (χ4v) is 1.98. The van der Waals surface area contributed by atoms with E-state index < -0.39 is 6.10 Å². The van der Waals surface area contributed by atoms with Crippen molar-refractivity contribution in [2.45, 2.75) is 25.0 Å². The van der Waals surface area contributed by atoms with Crippen LogP contribution in [0.25, 0.3) is 11.0 Å². The lowest BCUT2D eigenvalue weighted by Gasteiger charge is -2.32. The summed E-state index contributed by atoms with van der Waals surface area (Å²) in [5.74, 6) is 0.0373. The van der Waals surface area contributed by atoms with E-state index >= 15 is 0 Å². The number of aliphatic hydroxyl groups is 1. The second-order valence-electron chi connectivity index (χ2n) is 4.37. The first-order valence-corrected chi connectivity index (χ1v) is 5.71. The molecule has 2 unspecified atom stereocenters. The van der Waals surface area contributed by atoms with E-state index in [4.69, 9.17) is 4.42 Å². The normalized spacial score (nSPS) is 23.4. The second kappa shape index (κ2) is 3.89. The van der Waals surface area contributed by atoms with Crippen LogP contribution in [-0.4, -0.2) is 23.2 Å². The van der Waals surface area contributed by atoms with Gasteiger partial charge in [-0.2, -0.15) is 0 Å². The molecule has 1 aliphatic rings. The Labute approximate surface area is 98.2 Å². The van der Waals surface area contributed by atoms with E-state index in [0.717, 1.165) is 18.2 Å². The van der Waals surface area contributed by atoms with E-state index in [1.54, 1.807) is 6.07 Å². The highest BCUT2D eigenvalue weighted by atomic mass is 16.3. The highest BCUT2D eigenvalue weighted by Crippen LogP contribution is 2.22. The number of aliphatic hydroxyl groups excluding tert-OH is 1. The zero-order valence-corrected chi connectivity index (χ0v) is 9.22. The van der Waals surface area contributed by atoms with E-state index in [1.165, 1.54) is 0 Å². The Morgan fingerprint density at radius 3 is 2.82 bits per heavy atom. The molecule has 3 rings (SSSR count). The molecule has 1 aliphatic carbocycles. The Morgan fingerprint density at radius 1 is 1.35 bits per heavy atom. The molecule has 4 heteroatoms. The molecule has 1 amide bonds. The molecular formula is C13H13NO3. The van der Waals surface area contributed by atoms with Crippen molar-refractivity contribution in [1.82, 2.24) is 5.32 Å². The van der Waals surface area contributed by atoms with Crippen LogP contribution in [0.15, 0.2) is 34.7 Å². The second-order valence-corrected chi connectivity index (χ2v) is 4.37. The Hall–Kier alpha value is -1.81. The SMILES string of the molecule is O=C(NC1CCC1O)c1cc2ccccc2o1. The predicted molar refractivity (Wildman–Crippen MR) is 62.7 cm³/mol. The van der Waals surface area contributed by atoms with Gasteiger partial charge in [-0.05, 0) is 25.0 Å². The van der Waals surface area contributed by atoms with Crippen LogP contribution in [0, 0.1) is 0 Å². The standard InChI is InChI=1S/C13H13NO3/c15-10-6-5-9(10)14-13(16)12-7-8-3-1-2-4-11(8)17-12/h1-4,7,9-10,15H,5-6H2,(H,14,16). The molecule has 2 atom stereocenters. The van der Waals surface area contributed by atoms with Crippen LogP contribution in [0.2, 0.25) is 0 Å². The van der Waals surface area contributed by atoms with Crippen LogP contribution in [0.1, 0.15) is 23.4 Å². The van der Waals surface area contributed by atoms with Gasteiger partial charge in [0, 0.05) is 5.39 Å². The summed E-state index contributed by atoms with van der Waals surface area (Å²) in [6, 6.07) is 9.07. The van der Waals surface area contributed by atoms with E-state index in [1.807, 2.05) is 24.3 Å². The van der Waals surface area contributed by atoms with Crippen molar-refractivity contribution in [3.63, 3.8) is 0 Å². The number of benzene rings is 1. The molecule has 88 valence electrons. The lowest BCUT2D eigenvalue weighted by molar-refractivity contribution is 0.0438. The maximum absolute atomic E-state index is 11.8. The fraction of sp³-hybridized carbons (Fsp3) is 0.308. The number of rotatable bonds is 2. The molecule has 17 heavy (non-hydrogen) atoms. The average Bonchev–Trinajstić information content (AvgIpc) is 2.77. The summed E-state index contributed by atoms with van der Waals surface area (Å²) in [6.07, 6.45) is 1.17. The Bertz CT molecular complexity index is 528. The molecule has 1 heterocycles. The molecule has 0 radical (unpaired) electrons. The number of para-hydroxylation sites is 1. The predicted octanol–water partition coefficient (Wildman–Crippen LogP) is 1.69. The monoisotopic (exact) mass is 231 g/mol. The minimum Gasteiger partial charge on any atom is -0.451 e. The lowest BCUT2D eigenvalue weighted by atomic mass is 9.89. The summed E-state index contributed by atoms with van der Waals surface area (Å²) >= 11 is 0. The summed E-state index contributed by atoms with van der Waals surface area (Å²) in [4.78, 5) is 11.8. The Morgan fingerprint density at radius 2 is 2.18 bits per heavy atom. The van der Waals surface area contributed by atoms with E-state index in [-0.39, 0.29) is 11.9 Å². The molecule has 1 fully saturated rings. The third-order valence-electron chi connectivity index (χ3n) is 3.20. The van der Waals surface area contributed by atoms with Gasteiger partial charge in [-0.25, -0.2) is 0 Å². The molecule has 0 aliphatic heterocycles. The van der Waals surface area contributed by atoms with Crippen molar-refractivity contribution in [3.8, 4) is 0 Å². The summed E-state index contributed by atoms with van der Waals surface area (Å²) in [5.41, 5.74) is 0.701. The van der Waals surface area contributed by atoms with Gasteiger partial charge in [-0.3, -0.25) is 4.79 Å². The summed E-state index contributed by atoms with van der Waals surface area (Å²) in [6.45, 7) is 0. The summed E-state index contributed by atoms with van der Waals surface area (Å²) < 4.78 is 5.44. The van der Waals surface area contributed by atoms with Gasteiger partial charge in [-0.15, -0.1) is 0 Å². The number of fused-ring (bicyclic) bond motifs is 1. The van der Waals surface area contributed by atoms with Crippen molar-refractivity contribution in [2.24, 2.45) is 0 Å². The number of carbonyl (C=O) groups is 1. The topological polar surface area (TPSA) is 62.5 Å². The summed E-state index contributed by atoms with van der Waals surface area (Å²) in [7, 11) is 0. The molecule has 0 spiro atoms. The molecule has 1 aromatic heterocycles. The van der Waals surface area contributed by atoms with Gasteiger partial charge in [0.1, 0.15) is 5.58 Å². The van der Waals surface area contributed by atoms with Crippen LogP contribution in [0.5, 0.6) is 0 Å². The number of nitrogens with one attached hydrogen (secondary N) is 1. The van der Waals surface area contributed by atoms with Crippen molar-refractivity contribution in [1.29, 1.82) is 0 Å². The zero-order valence-electron chi connectivity index (χ0n) is 9.22. The molecular weight excluding hydrogens is 218 g/mol. The minimum atomic E-state index is -0.414. The van der Waals surface area contributed by atoms with Crippen LogP contribution < -0.4 is 5.32 Å². The van der Waals surface area contributed by atoms with E-state index in [2.05, 4.69) is 5.32 Å². The highest BCUT2D eigenvalue weighted by Gasteiger charge is 2.30. The van der Waals surface area contributed by atoms with Gasteiger partial charge in [0.2, 0.25) is 0 Å². The van der Waals surface area contributed by atoms with Gasteiger partial charge in [-0.1, -0.05) is 18.2 Å². The molecule has 1 aromatic carbocycles. The van der Waals surface area contributed by atoms with Crippen LogP contribution in [-0.2, 0) is 0 Å². The van der Waals surface area contributed by atoms with E-state index in [9.17, 15) is 9.90 Å². The van der Waals surface area contributed by atoms with Gasteiger partial charge < -0.3 is 14.8 Å². The first kappa shape index (κ1) is 10.4. The van der Waals surface area contributed by atoms with Gasteiger partial charge in [0.05, 0.1) is 12.1 Å². The van der Waals surface area contributed by atoms with Crippen LogP contribution in [0.3, 0.4) is 0 Å². The largest absolute Gasteiger partial charge is 0.451 e. The summed E-state index contributed by atoms with van der Waals surface area (Å²) in [5, 5.41) is 13.1. The molecule has 4 nitrogen and oxygen atoms in total. The number of hydrogen-bond acceptors (Lipinski definition) is 3. The molecule has 0 bridgehead atoms. The molecule has 0 saturated heterocycles. The Kier molecular flexibility index (Phi) is 2.37. The third kappa shape index (κ3) is 1.80. The van der Waals surface area contributed by atoms with E-state index in [0.29, 0.717) is 11.3 Å². The molecule has 2 aromatic rings.